The predicted molar refractivity (Wildman–Crippen MR) is 173 cm³/mol. The largest absolute Gasteiger partial charge is 0.497 e. The molecule has 0 bridgehead atoms. The average molecular weight is 613 g/mol. The number of aryl methyl sites for hydroxylation is 1. The third-order valence-electron chi connectivity index (χ3n) is 9.11. The van der Waals surface area contributed by atoms with Crippen LogP contribution >= 0.6 is 0 Å². The van der Waals surface area contributed by atoms with E-state index in [9.17, 15) is 19.5 Å². The van der Waals surface area contributed by atoms with Gasteiger partial charge in [0.2, 0.25) is 0 Å². The highest BCUT2D eigenvalue weighted by atomic mass is 16.5. The lowest BCUT2D eigenvalue weighted by atomic mass is 9.78. The van der Waals surface area contributed by atoms with E-state index in [1.807, 2.05) is 63.2 Å². The summed E-state index contributed by atoms with van der Waals surface area (Å²) in [6.45, 7) is 7.14. The molecule has 0 unspecified atom stereocenters. The van der Waals surface area contributed by atoms with Crippen molar-refractivity contribution in [2.24, 2.45) is 5.41 Å². The molecule has 2 N–H and O–H groups in total. The highest BCUT2D eigenvalue weighted by Crippen LogP contribution is 2.37. The minimum atomic E-state index is -0.860. The van der Waals surface area contributed by atoms with Gasteiger partial charge in [0.1, 0.15) is 11.5 Å². The summed E-state index contributed by atoms with van der Waals surface area (Å²) in [6.07, 6.45) is 4.19. The molecule has 3 aromatic carbocycles. The number of carbonyl (C=O) groups excluding carboxylic acids is 2. The second kappa shape index (κ2) is 13.8. The van der Waals surface area contributed by atoms with Crippen molar-refractivity contribution in [3.63, 3.8) is 0 Å². The van der Waals surface area contributed by atoms with E-state index in [0.29, 0.717) is 49.2 Å². The van der Waals surface area contributed by atoms with Crippen molar-refractivity contribution in [3.8, 4) is 11.5 Å². The van der Waals surface area contributed by atoms with Crippen LogP contribution in [0.4, 0.5) is 4.79 Å². The number of piperidine rings is 1. The van der Waals surface area contributed by atoms with Gasteiger partial charge in [-0.3, -0.25) is 9.59 Å². The lowest BCUT2D eigenvalue weighted by Gasteiger charge is -2.30. The monoisotopic (exact) mass is 612 g/mol. The number of carboxylic acid groups (broad SMARTS) is 1. The van der Waals surface area contributed by atoms with Crippen LogP contribution in [0.25, 0.3) is 0 Å². The zero-order valence-corrected chi connectivity index (χ0v) is 26.7. The number of benzene rings is 3. The summed E-state index contributed by atoms with van der Waals surface area (Å²) in [6, 6.07) is 19.9. The minimum absolute atomic E-state index is 0.110. The Morgan fingerprint density at radius 1 is 0.889 bits per heavy atom. The van der Waals surface area contributed by atoms with E-state index in [1.54, 1.807) is 7.11 Å². The Balaban J connectivity index is 1.19. The first-order chi connectivity index (χ1) is 21.5. The first-order valence-corrected chi connectivity index (χ1v) is 15.9. The summed E-state index contributed by atoms with van der Waals surface area (Å²) in [5, 5.41) is 12.3. The molecule has 1 aliphatic heterocycles. The highest BCUT2D eigenvalue weighted by Gasteiger charge is 2.27. The maximum atomic E-state index is 13.0. The van der Waals surface area contributed by atoms with Gasteiger partial charge in [-0.1, -0.05) is 24.3 Å². The molecule has 3 aromatic rings. The lowest BCUT2D eigenvalue weighted by molar-refractivity contribution is -0.143. The number of ether oxygens (including phenoxy) is 2. The second-order valence-corrected chi connectivity index (χ2v) is 13.2. The summed E-state index contributed by atoms with van der Waals surface area (Å²) in [5.41, 5.74) is 6.15. The van der Waals surface area contributed by atoms with E-state index in [1.165, 1.54) is 27.2 Å². The molecule has 1 atom stereocenters. The van der Waals surface area contributed by atoms with Gasteiger partial charge < -0.3 is 24.8 Å². The van der Waals surface area contributed by atoms with Crippen molar-refractivity contribution < 1.29 is 29.0 Å². The molecule has 1 fully saturated rings. The van der Waals surface area contributed by atoms with Gasteiger partial charge in [-0.05, 0) is 135 Å². The van der Waals surface area contributed by atoms with Gasteiger partial charge in [0.25, 0.3) is 5.91 Å². The molecule has 0 saturated carbocycles. The third-order valence-corrected chi connectivity index (χ3v) is 9.11. The fourth-order valence-electron chi connectivity index (χ4n) is 6.37. The zero-order valence-electron chi connectivity index (χ0n) is 26.7. The van der Waals surface area contributed by atoms with E-state index >= 15 is 0 Å². The van der Waals surface area contributed by atoms with Crippen LogP contribution in [0.15, 0.2) is 60.7 Å². The van der Waals surface area contributed by atoms with Gasteiger partial charge in [-0.25, -0.2) is 4.79 Å². The molecule has 1 heterocycles. The van der Waals surface area contributed by atoms with Crippen LogP contribution in [-0.2, 0) is 24.1 Å². The number of carbonyl (C=O) groups is 3. The van der Waals surface area contributed by atoms with E-state index in [-0.39, 0.29) is 11.9 Å². The van der Waals surface area contributed by atoms with Gasteiger partial charge in [-0.2, -0.15) is 0 Å². The zero-order chi connectivity index (χ0) is 32.1. The van der Waals surface area contributed by atoms with Crippen LogP contribution in [-0.4, -0.2) is 54.7 Å². The number of fused-ring (bicyclic) bond motifs is 1. The van der Waals surface area contributed by atoms with Crippen molar-refractivity contribution >= 4 is 18.0 Å². The molecule has 2 amide bonds. The minimum Gasteiger partial charge on any atom is -0.497 e. The quantitative estimate of drug-likeness (QED) is 0.215. The van der Waals surface area contributed by atoms with Gasteiger partial charge >= 0.3 is 12.1 Å². The Hall–Kier alpha value is -4.33. The van der Waals surface area contributed by atoms with Crippen LogP contribution in [0.5, 0.6) is 11.5 Å². The van der Waals surface area contributed by atoms with E-state index in [2.05, 4.69) is 23.5 Å². The van der Waals surface area contributed by atoms with Gasteiger partial charge in [-0.15, -0.1) is 0 Å². The van der Waals surface area contributed by atoms with Crippen molar-refractivity contribution in [1.82, 2.24) is 10.2 Å². The Bertz CT molecular complexity index is 1530. The van der Waals surface area contributed by atoms with E-state index < -0.39 is 11.5 Å². The Kier molecular flexibility index (Phi) is 9.80. The molecule has 5 rings (SSSR count). The lowest BCUT2D eigenvalue weighted by Crippen LogP contribution is -2.36. The molecule has 45 heavy (non-hydrogen) atoms. The molecule has 0 aromatic heterocycles. The Labute approximate surface area is 265 Å². The molecule has 0 radical (unpaired) electrons. The molecule has 8 nitrogen and oxygen atoms in total. The first kappa shape index (κ1) is 32.1. The molecular formula is C37H44N2O6. The molecule has 1 saturated heterocycles. The smallest absolute Gasteiger partial charge is 0.407 e. The molecular weight excluding hydrogens is 568 g/mol. The average Bonchev–Trinajstić information content (AvgIpc) is 3.04. The number of hydrogen-bond donors (Lipinski definition) is 2. The van der Waals surface area contributed by atoms with Gasteiger partial charge in [0, 0.05) is 25.2 Å². The number of rotatable bonds is 8. The van der Waals surface area contributed by atoms with Crippen LogP contribution in [0.1, 0.15) is 90.0 Å². The molecule has 2 aliphatic rings. The van der Waals surface area contributed by atoms with Gasteiger partial charge in [0.05, 0.1) is 12.5 Å². The fourth-order valence-corrected chi connectivity index (χ4v) is 6.37. The molecule has 8 heteroatoms. The highest BCUT2D eigenvalue weighted by molar-refractivity contribution is 5.94. The predicted octanol–water partition coefficient (Wildman–Crippen LogP) is 6.75. The third kappa shape index (κ3) is 7.85. The summed E-state index contributed by atoms with van der Waals surface area (Å²) in [5.74, 6) is 1.70. The number of methoxy groups -OCH3 is 1. The number of esters is 1. The summed E-state index contributed by atoms with van der Waals surface area (Å²) >= 11 is 0. The molecule has 1 aliphatic carbocycles. The van der Waals surface area contributed by atoms with Crippen molar-refractivity contribution in [2.45, 2.75) is 71.1 Å². The number of nitrogens with zero attached hydrogens (tertiary/aromatic N) is 1. The van der Waals surface area contributed by atoms with Crippen molar-refractivity contribution in [3.05, 3.63) is 94.0 Å². The summed E-state index contributed by atoms with van der Waals surface area (Å²) in [4.78, 5) is 38.0. The number of nitrogens with one attached hydrogen (secondary N) is 1. The topological polar surface area (TPSA) is 105 Å². The maximum absolute atomic E-state index is 13.0. The van der Waals surface area contributed by atoms with Gasteiger partial charge in [0.15, 0.2) is 0 Å². The maximum Gasteiger partial charge on any atom is 0.407 e. The fraction of sp³-hybridized carbons (Fsp3) is 0.432. The van der Waals surface area contributed by atoms with Crippen LogP contribution < -0.4 is 14.8 Å². The first-order valence-electron chi connectivity index (χ1n) is 15.9. The van der Waals surface area contributed by atoms with Crippen LogP contribution in [0.3, 0.4) is 0 Å². The standard InChI is InChI=1S/C37H44N2O6/c1-37(2,3)35(41)45-32-12-11-27-21-29(10-9-28(27)22-32)33-14-13-31(44-4)23-30(33)15-18-38-34(40)26-7-5-24(6-8-26)25-16-19-39(20-17-25)36(42)43/h5-8,11-14,22-23,25,29H,9-10,15-21H2,1-4H3,(H,38,40)(H,42,43)/t29-/m1/s1. The summed E-state index contributed by atoms with van der Waals surface area (Å²) < 4.78 is 11.2. The number of hydrogen-bond acceptors (Lipinski definition) is 5. The van der Waals surface area contributed by atoms with Crippen LogP contribution in [0.2, 0.25) is 0 Å². The molecule has 0 spiro atoms. The Morgan fingerprint density at radius 2 is 1.60 bits per heavy atom. The second-order valence-electron chi connectivity index (χ2n) is 13.2. The van der Waals surface area contributed by atoms with E-state index in [4.69, 9.17) is 9.47 Å². The van der Waals surface area contributed by atoms with Crippen molar-refractivity contribution in [2.75, 3.05) is 26.7 Å². The van der Waals surface area contributed by atoms with E-state index in [0.717, 1.165) is 43.4 Å². The Morgan fingerprint density at radius 3 is 2.27 bits per heavy atom. The summed E-state index contributed by atoms with van der Waals surface area (Å²) in [7, 11) is 1.67. The number of amides is 2. The normalized spacial score (nSPS) is 16.9. The molecule has 238 valence electrons. The number of likely N-dealkylation sites (tertiary alicyclic amines) is 1. The SMILES string of the molecule is COc1ccc([C@@H]2CCc3cc(OC(=O)C(C)(C)C)ccc3C2)c(CCNC(=O)c2ccc(C3CCN(C(=O)O)CC3)cc2)c1. The van der Waals surface area contributed by atoms with Crippen molar-refractivity contribution in [1.29, 1.82) is 0 Å². The van der Waals surface area contributed by atoms with Crippen LogP contribution in [0, 0.1) is 5.41 Å².